The van der Waals surface area contributed by atoms with Gasteiger partial charge in [-0.15, -0.1) is 15.3 Å². The van der Waals surface area contributed by atoms with Crippen LogP contribution >= 0.6 is 0 Å². The van der Waals surface area contributed by atoms with Crippen LogP contribution in [-0.2, 0) is 6.54 Å². The van der Waals surface area contributed by atoms with Crippen LogP contribution in [0.3, 0.4) is 0 Å². The Balaban J connectivity index is 1.45. The number of anilines is 2. The van der Waals surface area contributed by atoms with Gasteiger partial charge in [0.2, 0.25) is 0 Å². The van der Waals surface area contributed by atoms with Gasteiger partial charge in [-0.1, -0.05) is 30.5 Å². The van der Waals surface area contributed by atoms with Gasteiger partial charge in [-0.25, -0.2) is 24.3 Å². The molecule has 3 heterocycles. The highest BCUT2D eigenvalue weighted by molar-refractivity contribution is 6.13. The molecule has 172 valence electrons. The molecule has 1 fully saturated rings. The lowest BCUT2D eigenvalue weighted by Crippen LogP contribution is -2.44. The molecule has 1 saturated carbocycles. The highest BCUT2D eigenvalue weighted by Crippen LogP contribution is 2.30. The van der Waals surface area contributed by atoms with E-state index in [1.807, 2.05) is 10.9 Å². The van der Waals surface area contributed by atoms with Gasteiger partial charge in [0.15, 0.2) is 17.5 Å². The number of hydrogen-bond acceptors (Lipinski definition) is 8. The van der Waals surface area contributed by atoms with E-state index in [-0.39, 0.29) is 17.3 Å². The Morgan fingerprint density at radius 2 is 2.00 bits per heavy atom. The monoisotopic (exact) mass is 453 g/mol. The molecule has 9 nitrogen and oxygen atoms in total. The number of amidine groups is 1. The normalized spacial score (nSPS) is 17.3. The van der Waals surface area contributed by atoms with E-state index in [9.17, 15) is 8.78 Å². The third-order valence-corrected chi connectivity index (χ3v) is 6.12. The lowest BCUT2D eigenvalue weighted by molar-refractivity contribution is 0.275. The van der Waals surface area contributed by atoms with Gasteiger partial charge >= 0.3 is 0 Å². The van der Waals surface area contributed by atoms with E-state index in [2.05, 4.69) is 25.9 Å². The van der Waals surface area contributed by atoms with E-state index in [1.54, 1.807) is 19.3 Å². The minimum Gasteiger partial charge on any atom is -0.383 e. The predicted molar refractivity (Wildman–Crippen MR) is 121 cm³/mol. The number of hydrogen-bond donors (Lipinski definition) is 2. The molecule has 1 aliphatic carbocycles. The number of pyridine rings is 1. The van der Waals surface area contributed by atoms with Crippen LogP contribution in [0.1, 0.15) is 37.7 Å². The maximum absolute atomic E-state index is 14.6. The Morgan fingerprint density at radius 1 is 1.18 bits per heavy atom. The van der Waals surface area contributed by atoms with Gasteiger partial charge in [0.25, 0.3) is 0 Å². The fourth-order valence-electron chi connectivity index (χ4n) is 4.41. The van der Waals surface area contributed by atoms with Crippen molar-refractivity contribution in [2.75, 3.05) is 17.8 Å². The molecule has 33 heavy (non-hydrogen) atoms. The fraction of sp³-hybridized carbons (Fsp3) is 0.364. The summed E-state index contributed by atoms with van der Waals surface area (Å²) in [6.07, 6.45) is 9.80. The van der Waals surface area contributed by atoms with Gasteiger partial charge in [0.05, 0.1) is 11.8 Å². The van der Waals surface area contributed by atoms with Crippen molar-refractivity contribution in [3.8, 4) is 11.3 Å². The number of nitrogens with zero attached hydrogens (tertiary/aromatic N) is 7. The molecule has 3 aromatic rings. The second kappa shape index (κ2) is 8.74. The quantitative estimate of drug-likeness (QED) is 0.611. The van der Waals surface area contributed by atoms with Gasteiger partial charge in [0, 0.05) is 25.4 Å². The predicted octanol–water partition coefficient (Wildman–Crippen LogP) is 3.31. The summed E-state index contributed by atoms with van der Waals surface area (Å²) in [5, 5.41) is 15.7. The van der Waals surface area contributed by atoms with Crippen LogP contribution in [0.5, 0.6) is 0 Å². The second-order valence-electron chi connectivity index (χ2n) is 8.43. The first kappa shape index (κ1) is 21.3. The van der Waals surface area contributed by atoms with E-state index in [4.69, 9.17) is 5.73 Å². The zero-order valence-corrected chi connectivity index (χ0v) is 18.2. The van der Waals surface area contributed by atoms with Gasteiger partial charge in [-0.3, -0.25) is 4.68 Å². The lowest BCUT2D eigenvalue weighted by atomic mass is 9.89. The SMILES string of the molecule is CN1NN=C(c2cc(-c3cn(CC4CCCCC4)nn3)cnc2N)N1c1cccc(F)c1F. The van der Waals surface area contributed by atoms with Crippen molar-refractivity contribution in [3.05, 3.63) is 53.9 Å². The molecule has 0 saturated heterocycles. The van der Waals surface area contributed by atoms with E-state index in [1.165, 1.54) is 54.4 Å². The van der Waals surface area contributed by atoms with E-state index in [0.717, 1.165) is 12.6 Å². The zero-order chi connectivity index (χ0) is 22.9. The molecule has 0 amide bonds. The minimum atomic E-state index is -0.992. The van der Waals surface area contributed by atoms with Gasteiger partial charge in [-0.2, -0.15) is 0 Å². The second-order valence-corrected chi connectivity index (χ2v) is 8.43. The number of rotatable bonds is 5. The van der Waals surface area contributed by atoms with Crippen molar-refractivity contribution in [1.82, 2.24) is 30.6 Å². The summed E-state index contributed by atoms with van der Waals surface area (Å²) < 4.78 is 30.3. The number of aromatic nitrogens is 4. The first-order valence-corrected chi connectivity index (χ1v) is 11.0. The van der Waals surface area contributed by atoms with Crippen LogP contribution in [0, 0.1) is 17.6 Å². The molecular formula is C22H25F2N9. The number of benzene rings is 1. The maximum atomic E-state index is 14.6. The van der Waals surface area contributed by atoms with Crippen molar-refractivity contribution in [1.29, 1.82) is 0 Å². The highest BCUT2D eigenvalue weighted by atomic mass is 19.2. The largest absolute Gasteiger partial charge is 0.383 e. The number of hydrazone groups is 1. The zero-order valence-electron chi connectivity index (χ0n) is 18.2. The summed E-state index contributed by atoms with van der Waals surface area (Å²) in [7, 11) is 1.63. The molecule has 0 radical (unpaired) electrons. The smallest absolute Gasteiger partial charge is 0.184 e. The van der Waals surface area contributed by atoms with Crippen molar-refractivity contribution in [2.45, 2.75) is 38.6 Å². The standard InChI is InChI=1S/C22H25F2N9/c1-31-29-28-22(33(31)19-9-5-8-17(23)20(19)24)16-10-15(11-26-21(16)25)18-13-32(30-27-18)12-14-6-3-2-4-7-14/h5,8-11,13-14,29H,2-4,6-7,12H2,1H3,(H2,25,26). The summed E-state index contributed by atoms with van der Waals surface area (Å²) in [5.74, 6) is -0.845. The maximum Gasteiger partial charge on any atom is 0.184 e. The molecule has 0 bridgehead atoms. The van der Waals surface area contributed by atoms with Crippen molar-refractivity contribution >= 4 is 17.3 Å². The Kier molecular flexibility index (Phi) is 5.63. The Hall–Kier alpha value is -3.60. The molecular weight excluding hydrogens is 428 g/mol. The third kappa shape index (κ3) is 4.11. The van der Waals surface area contributed by atoms with Crippen LogP contribution in [-0.4, -0.2) is 38.0 Å². The van der Waals surface area contributed by atoms with Crippen LogP contribution in [0.2, 0.25) is 0 Å². The Morgan fingerprint density at radius 3 is 2.82 bits per heavy atom. The summed E-state index contributed by atoms with van der Waals surface area (Å²) in [5.41, 5.74) is 10.7. The van der Waals surface area contributed by atoms with Gasteiger partial charge in [0.1, 0.15) is 17.2 Å². The van der Waals surface area contributed by atoms with Crippen LogP contribution in [0.4, 0.5) is 20.3 Å². The Bertz CT molecular complexity index is 1190. The molecule has 1 aromatic carbocycles. The van der Waals surface area contributed by atoms with Crippen LogP contribution in [0.15, 0.2) is 41.8 Å². The average molecular weight is 454 g/mol. The number of nitrogen functional groups attached to an aromatic ring is 1. The lowest BCUT2D eigenvalue weighted by Gasteiger charge is -2.26. The fourth-order valence-corrected chi connectivity index (χ4v) is 4.41. The average Bonchev–Trinajstić information content (AvgIpc) is 3.43. The number of nitrogens with one attached hydrogen (secondary N) is 1. The molecule has 3 N–H and O–H groups in total. The molecule has 1 aliphatic heterocycles. The summed E-state index contributed by atoms with van der Waals surface area (Å²) in [6.45, 7) is 0.844. The molecule has 0 atom stereocenters. The van der Waals surface area contributed by atoms with Gasteiger partial charge < -0.3 is 5.73 Å². The van der Waals surface area contributed by atoms with Crippen LogP contribution < -0.4 is 16.3 Å². The van der Waals surface area contributed by atoms with E-state index >= 15 is 0 Å². The van der Waals surface area contributed by atoms with Crippen molar-refractivity contribution in [2.24, 2.45) is 11.0 Å². The summed E-state index contributed by atoms with van der Waals surface area (Å²) >= 11 is 0. The summed E-state index contributed by atoms with van der Waals surface area (Å²) in [6, 6.07) is 5.73. The van der Waals surface area contributed by atoms with E-state index < -0.39 is 11.6 Å². The molecule has 2 aromatic heterocycles. The molecule has 0 unspecified atom stereocenters. The third-order valence-electron chi connectivity index (χ3n) is 6.12. The molecule has 2 aliphatic rings. The first-order chi connectivity index (χ1) is 16.0. The molecule has 0 spiro atoms. The molecule has 11 heteroatoms. The molecule has 5 rings (SSSR count). The topological polar surface area (TPSA) is 100 Å². The van der Waals surface area contributed by atoms with Crippen molar-refractivity contribution in [3.63, 3.8) is 0 Å². The summed E-state index contributed by atoms with van der Waals surface area (Å²) in [4.78, 5) is 4.30. The number of nitrogens with two attached hydrogens (primary N) is 1. The number of hydrazine groups is 2. The first-order valence-electron chi connectivity index (χ1n) is 11.0. The Labute approximate surface area is 189 Å². The minimum absolute atomic E-state index is 0.00974. The number of halogens is 2. The highest BCUT2D eigenvalue weighted by Gasteiger charge is 2.31. The van der Waals surface area contributed by atoms with Gasteiger partial charge in [-0.05, 0) is 37.0 Å². The van der Waals surface area contributed by atoms with Crippen molar-refractivity contribution < 1.29 is 8.78 Å². The van der Waals surface area contributed by atoms with Crippen LogP contribution in [0.25, 0.3) is 11.3 Å². The van der Waals surface area contributed by atoms with E-state index in [0.29, 0.717) is 22.7 Å².